The number of alkyl halides is 3. The predicted molar refractivity (Wildman–Crippen MR) is 207 cm³/mol. The number of carbonyl (C=O) groups excluding carboxylic acids is 3. The second kappa shape index (κ2) is 16.7. The normalized spacial score (nSPS) is 13.2. The largest absolute Gasteiger partial charge is 0.454 e. The first kappa shape index (κ1) is 39.5. The molecule has 1 fully saturated rings. The van der Waals surface area contributed by atoms with Gasteiger partial charge in [-0.05, 0) is 71.8 Å². The molecule has 1 aliphatic carbocycles. The van der Waals surface area contributed by atoms with Crippen molar-refractivity contribution in [1.29, 1.82) is 0 Å². The molecule has 5 aromatic rings. The second-order valence-electron chi connectivity index (χ2n) is 14.0. The molecule has 0 atom stereocenters. The summed E-state index contributed by atoms with van der Waals surface area (Å²) in [5.41, 5.74) is 2.68. The lowest BCUT2D eigenvalue weighted by molar-refractivity contribution is -0.154. The third-order valence-corrected chi connectivity index (χ3v) is 9.05. The Kier molecular flexibility index (Phi) is 11.7. The molecule has 6 rings (SSSR count). The van der Waals surface area contributed by atoms with Crippen molar-refractivity contribution >= 4 is 52.6 Å². The molecule has 56 heavy (non-hydrogen) atoms. The minimum atomic E-state index is -4.61. The minimum absolute atomic E-state index is 0.0101. The number of amides is 3. The molecule has 290 valence electrons. The van der Waals surface area contributed by atoms with Crippen LogP contribution in [-0.4, -0.2) is 58.5 Å². The molecule has 0 aliphatic heterocycles. The van der Waals surface area contributed by atoms with Gasteiger partial charge in [0.2, 0.25) is 11.9 Å². The van der Waals surface area contributed by atoms with Crippen LogP contribution in [0.25, 0.3) is 11.1 Å². The van der Waals surface area contributed by atoms with Crippen molar-refractivity contribution in [3.8, 4) is 17.1 Å². The van der Waals surface area contributed by atoms with E-state index in [1.807, 2.05) is 68.4 Å². The average Bonchev–Trinajstić information content (AvgIpc) is 3.96. The second-order valence-corrected chi connectivity index (χ2v) is 14.4. The smallest absolute Gasteiger partial charge is 0.422 e. The van der Waals surface area contributed by atoms with Crippen molar-refractivity contribution in [3.05, 3.63) is 119 Å². The molecule has 1 heterocycles. The molecule has 4 aromatic carbocycles. The number of anilines is 4. The highest BCUT2D eigenvalue weighted by Crippen LogP contribution is 2.48. The number of nitrogens with one attached hydrogen (secondary N) is 5. The minimum Gasteiger partial charge on any atom is -0.454 e. The van der Waals surface area contributed by atoms with Crippen LogP contribution in [-0.2, 0) is 15.1 Å². The number of rotatable bonds is 14. The SMILES string of the molecule is CC(C)(CNC(=O)C(=O)Nc1ccccc1-c1ccccc1)CNC(=O)c1ccc(Nc2nc(NC3(c4ccc(Cl)cc4)CC3)nc(OCC(F)(F)F)n2)cc1. The fourth-order valence-corrected chi connectivity index (χ4v) is 5.76. The Morgan fingerprint density at radius 3 is 2.09 bits per heavy atom. The third-order valence-electron chi connectivity index (χ3n) is 8.80. The van der Waals surface area contributed by atoms with E-state index in [0.29, 0.717) is 22.0 Å². The molecule has 0 saturated heterocycles. The zero-order chi connectivity index (χ0) is 39.9. The first-order valence-corrected chi connectivity index (χ1v) is 17.9. The molecule has 5 N–H and O–H groups in total. The number of ether oxygens (including phenoxy) is 1. The van der Waals surface area contributed by atoms with E-state index >= 15 is 0 Å². The molecule has 1 aliphatic rings. The summed E-state index contributed by atoms with van der Waals surface area (Å²) in [6.07, 6.45) is -3.14. The third kappa shape index (κ3) is 10.7. The number of hydrogen-bond donors (Lipinski definition) is 5. The van der Waals surface area contributed by atoms with Crippen LogP contribution < -0.4 is 31.3 Å². The highest BCUT2D eigenvalue weighted by molar-refractivity contribution is 6.40. The number of nitrogens with zero attached hydrogens (tertiary/aromatic N) is 3. The monoisotopic (exact) mass is 786 g/mol. The Morgan fingerprint density at radius 1 is 0.768 bits per heavy atom. The maximum atomic E-state index is 13.0. The van der Waals surface area contributed by atoms with Gasteiger partial charge in [0.15, 0.2) is 6.61 Å². The molecule has 3 amide bonds. The topological polar surface area (TPSA) is 159 Å². The Morgan fingerprint density at radius 2 is 1.41 bits per heavy atom. The fourth-order valence-electron chi connectivity index (χ4n) is 5.63. The van der Waals surface area contributed by atoms with Crippen molar-refractivity contribution < 1.29 is 32.3 Å². The first-order chi connectivity index (χ1) is 26.7. The van der Waals surface area contributed by atoms with Gasteiger partial charge in [-0.2, -0.15) is 28.1 Å². The van der Waals surface area contributed by atoms with E-state index in [-0.39, 0.29) is 25.0 Å². The van der Waals surface area contributed by atoms with Crippen LogP contribution in [0.5, 0.6) is 6.01 Å². The number of aromatic nitrogens is 3. The fraction of sp³-hybridized carbons (Fsp3) is 0.250. The van der Waals surface area contributed by atoms with E-state index in [0.717, 1.165) is 29.5 Å². The molecule has 12 nitrogen and oxygen atoms in total. The summed E-state index contributed by atoms with van der Waals surface area (Å²) < 4.78 is 43.8. The Hall–Kier alpha value is -6.22. The molecule has 0 radical (unpaired) electrons. The van der Waals surface area contributed by atoms with Crippen molar-refractivity contribution in [3.63, 3.8) is 0 Å². The molecular weight excluding hydrogens is 749 g/mol. The number of benzene rings is 4. The van der Waals surface area contributed by atoms with E-state index in [1.54, 1.807) is 48.5 Å². The van der Waals surface area contributed by atoms with E-state index in [2.05, 4.69) is 41.5 Å². The summed E-state index contributed by atoms with van der Waals surface area (Å²) in [5.74, 6) is -2.10. The lowest BCUT2D eigenvalue weighted by atomic mass is 9.93. The maximum absolute atomic E-state index is 13.0. The van der Waals surface area contributed by atoms with E-state index in [4.69, 9.17) is 16.3 Å². The lowest BCUT2D eigenvalue weighted by Gasteiger charge is -2.25. The van der Waals surface area contributed by atoms with Crippen LogP contribution in [0.1, 0.15) is 42.6 Å². The van der Waals surface area contributed by atoms with Gasteiger partial charge in [-0.25, -0.2) is 0 Å². The Labute approximate surface area is 325 Å². The van der Waals surface area contributed by atoms with Crippen LogP contribution in [0.15, 0.2) is 103 Å². The van der Waals surface area contributed by atoms with Crippen LogP contribution in [0.2, 0.25) is 5.02 Å². The molecule has 0 bridgehead atoms. The van der Waals surface area contributed by atoms with Gasteiger partial charge in [-0.1, -0.05) is 86.1 Å². The summed E-state index contributed by atoms with van der Waals surface area (Å²) in [7, 11) is 0. The first-order valence-electron chi connectivity index (χ1n) is 17.6. The predicted octanol–water partition coefficient (Wildman–Crippen LogP) is 7.49. The van der Waals surface area contributed by atoms with E-state index < -0.39 is 47.5 Å². The van der Waals surface area contributed by atoms with Gasteiger partial charge in [-0.15, -0.1) is 0 Å². The average molecular weight is 787 g/mol. The number of hydrogen-bond acceptors (Lipinski definition) is 9. The molecule has 16 heteroatoms. The number of para-hydroxylation sites is 1. The van der Waals surface area contributed by atoms with Gasteiger partial charge in [0.05, 0.1) is 5.54 Å². The van der Waals surface area contributed by atoms with Crippen LogP contribution in [0.4, 0.5) is 36.4 Å². The van der Waals surface area contributed by atoms with E-state index in [1.165, 1.54) is 0 Å². The van der Waals surface area contributed by atoms with Crippen molar-refractivity contribution in [2.45, 2.75) is 38.4 Å². The zero-order valence-electron chi connectivity index (χ0n) is 30.3. The zero-order valence-corrected chi connectivity index (χ0v) is 31.1. The Bertz CT molecular complexity index is 2180. The highest BCUT2D eigenvalue weighted by Gasteiger charge is 2.45. The standard InChI is InChI=1S/C40H38ClF3N8O4/c1-38(2,23-46-33(54)34(55)48-31-11-7-6-10-30(31)25-8-4-3-5-9-25)22-45-32(53)26-12-18-29(19-13-26)47-35-49-36(51-37(50-35)56-24-40(42,43)44)52-39(20-21-39)27-14-16-28(41)17-15-27/h3-19H,20-24H2,1-2H3,(H,45,53)(H,46,54)(H,48,55)(H2,47,49,50,51,52). The van der Waals surface area contributed by atoms with Crippen molar-refractivity contribution in [2.75, 3.05) is 35.6 Å². The molecular formula is C40H38ClF3N8O4. The van der Waals surface area contributed by atoms with Gasteiger partial charge < -0.3 is 31.3 Å². The summed E-state index contributed by atoms with van der Waals surface area (Å²) >= 11 is 6.04. The molecule has 0 unspecified atom stereocenters. The molecule has 1 saturated carbocycles. The highest BCUT2D eigenvalue weighted by atomic mass is 35.5. The molecule has 1 aromatic heterocycles. The van der Waals surface area contributed by atoms with Gasteiger partial charge in [0.1, 0.15) is 0 Å². The van der Waals surface area contributed by atoms with Crippen molar-refractivity contribution in [2.24, 2.45) is 5.41 Å². The summed E-state index contributed by atoms with van der Waals surface area (Å²) in [6.45, 7) is 2.33. The quantitative estimate of drug-likeness (QED) is 0.0720. The van der Waals surface area contributed by atoms with Crippen molar-refractivity contribution in [1.82, 2.24) is 25.6 Å². The maximum Gasteiger partial charge on any atom is 0.422 e. The molecule has 0 spiro atoms. The van der Waals surface area contributed by atoms with Gasteiger partial charge >= 0.3 is 24.0 Å². The van der Waals surface area contributed by atoms with Gasteiger partial charge in [0, 0.05) is 40.6 Å². The number of halogens is 4. The summed E-state index contributed by atoms with van der Waals surface area (Å²) in [5, 5.41) is 14.9. The van der Waals surface area contributed by atoms with Gasteiger partial charge in [0.25, 0.3) is 5.91 Å². The van der Waals surface area contributed by atoms with Crippen LogP contribution in [0, 0.1) is 5.41 Å². The van der Waals surface area contributed by atoms with E-state index in [9.17, 15) is 27.6 Å². The lowest BCUT2D eigenvalue weighted by Crippen LogP contribution is -2.45. The summed E-state index contributed by atoms with van der Waals surface area (Å²) in [4.78, 5) is 51.0. The summed E-state index contributed by atoms with van der Waals surface area (Å²) in [6, 6.07) is 29.6. The Balaban J connectivity index is 1.03. The van der Waals surface area contributed by atoms with Crippen LogP contribution in [0.3, 0.4) is 0 Å². The van der Waals surface area contributed by atoms with Gasteiger partial charge in [-0.3, -0.25) is 14.4 Å². The number of carbonyl (C=O) groups is 3. The van der Waals surface area contributed by atoms with Crippen LogP contribution >= 0.6 is 11.6 Å².